The molecule has 4 heteroatoms. The van der Waals surface area contributed by atoms with Crippen molar-refractivity contribution in [2.45, 2.75) is 36.2 Å². The zero-order chi connectivity index (χ0) is 14.5. The van der Waals surface area contributed by atoms with Crippen molar-refractivity contribution in [1.29, 1.82) is 0 Å². The molecule has 0 spiro atoms. The van der Waals surface area contributed by atoms with Gasteiger partial charge in [0.2, 0.25) is 0 Å². The summed E-state index contributed by atoms with van der Waals surface area (Å²) >= 11 is 7.79. The third kappa shape index (κ3) is 4.23. The van der Waals surface area contributed by atoms with Gasteiger partial charge >= 0.3 is 0 Å². The number of benzene rings is 2. The Morgan fingerprint density at radius 1 is 1.20 bits per heavy atom. The lowest BCUT2D eigenvalue weighted by Crippen LogP contribution is -2.22. The number of hydrogen-bond acceptors (Lipinski definition) is 2. The van der Waals surface area contributed by atoms with Crippen LogP contribution in [-0.4, -0.2) is 6.04 Å². The van der Waals surface area contributed by atoms with Gasteiger partial charge in [-0.1, -0.05) is 55.4 Å². The highest BCUT2D eigenvalue weighted by Gasteiger charge is 2.09. The zero-order valence-electron chi connectivity index (χ0n) is 11.5. The summed E-state index contributed by atoms with van der Waals surface area (Å²) in [6.07, 6.45) is 0. The Bertz CT molecular complexity index is 586. The lowest BCUT2D eigenvalue weighted by molar-refractivity contribution is 0.585. The van der Waals surface area contributed by atoms with Crippen LogP contribution in [0.3, 0.4) is 0 Å². The molecule has 0 heterocycles. The molecule has 0 aliphatic heterocycles. The molecule has 2 aromatic rings. The van der Waals surface area contributed by atoms with E-state index in [1.807, 2.05) is 24.3 Å². The van der Waals surface area contributed by atoms with Crippen molar-refractivity contribution in [2.24, 2.45) is 0 Å². The van der Waals surface area contributed by atoms with Crippen molar-refractivity contribution < 1.29 is 4.39 Å². The summed E-state index contributed by atoms with van der Waals surface area (Å²) in [5, 5.41) is 4.08. The molecule has 0 saturated heterocycles. The van der Waals surface area contributed by atoms with Gasteiger partial charge in [0.05, 0.1) is 5.02 Å². The van der Waals surface area contributed by atoms with Crippen LogP contribution in [0.25, 0.3) is 0 Å². The summed E-state index contributed by atoms with van der Waals surface area (Å²) in [5.74, 6) is -0.232. The monoisotopic (exact) mass is 309 g/mol. The fourth-order valence-electron chi connectivity index (χ4n) is 1.77. The van der Waals surface area contributed by atoms with Gasteiger partial charge in [0.1, 0.15) is 5.82 Å². The summed E-state index contributed by atoms with van der Waals surface area (Å²) in [6.45, 7) is 4.95. The van der Waals surface area contributed by atoms with Crippen LogP contribution >= 0.6 is 23.4 Å². The second kappa shape index (κ2) is 7.11. The Balaban J connectivity index is 2.25. The normalized spacial score (nSPS) is 11.1. The number of hydrogen-bond donors (Lipinski definition) is 1. The third-order valence-electron chi connectivity index (χ3n) is 2.77. The molecule has 1 nitrogen and oxygen atoms in total. The predicted molar refractivity (Wildman–Crippen MR) is 84.0 cm³/mol. The topological polar surface area (TPSA) is 12.0 Å². The minimum absolute atomic E-state index is 0.232. The summed E-state index contributed by atoms with van der Waals surface area (Å²) in [4.78, 5) is 1.83. The molecule has 0 fully saturated rings. The Kier molecular flexibility index (Phi) is 5.46. The first kappa shape index (κ1) is 15.4. The van der Waals surface area contributed by atoms with Crippen LogP contribution in [0.5, 0.6) is 0 Å². The highest BCUT2D eigenvalue weighted by atomic mass is 35.5. The molecule has 2 rings (SSSR count). The summed E-state index contributed by atoms with van der Waals surface area (Å²) in [7, 11) is 0. The van der Waals surface area contributed by atoms with E-state index in [9.17, 15) is 4.39 Å². The van der Waals surface area contributed by atoms with E-state index < -0.39 is 0 Å². The Hall–Kier alpha value is -1.03. The minimum Gasteiger partial charge on any atom is -0.310 e. The second-order valence-electron chi connectivity index (χ2n) is 4.82. The van der Waals surface area contributed by atoms with E-state index in [0.717, 1.165) is 21.9 Å². The van der Waals surface area contributed by atoms with Gasteiger partial charge in [-0.2, -0.15) is 0 Å². The van der Waals surface area contributed by atoms with Crippen LogP contribution in [0.1, 0.15) is 19.4 Å². The second-order valence-corrected chi connectivity index (χ2v) is 6.31. The maximum atomic E-state index is 13.3. The largest absolute Gasteiger partial charge is 0.310 e. The average Bonchev–Trinajstić information content (AvgIpc) is 2.39. The molecule has 0 aromatic heterocycles. The van der Waals surface area contributed by atoms with Crippen LogP contribution in [-0.2, 0) is 6.54 Å². The number of nitrogens with one attached hydrogen (secondary N) is 1. The van der Waals surface area contributed by atoms with Crippen molar-refractivity contribution in [3.05, 3.63) is 58.9 Å². The smallest absolute Gasteiger partial charge is 0.124 e. The van der Waals surface area contributed by atoms with Crippen molar-refractivity contribution in [3.8, 4) is 0 Å². The maximum Gasteiger partial charge on any atom is 0.124 e. The van der Waals surface area contributed by atoms with Gasteiger partial charge in [-0.25, -0.2) is 4.39 Å². The van der Waals surface area contributed by atoms with Gasteiger partial charge in [-0.05, 0) is 29.8 Å². The number of rotatable bonds is 5. The molecule has 0 aliphatic rings. The molecule has 20 heavy (non-hydrogen) atoms. The molecule has 1 N–H and O–H groups in total. The first-order valence-corrected chi connectivity index (χ1v) is 7.70. The van der Waals surface area contributed by atoms with Crippen LogP contribution in [0.15, 0.2) is 52.3 Å². The lowest BCUT2D eigenvalue weighted by Gasteiger charge is -2.13. The molecule has 106 valence electrons. The molecule has 0 bridgehead atoms. The number of halogens is 2. The Labute approximate surface area is 128 Å². The van der Waals surface area contributed by atoms with Gasteiger partial charge in [0.15, 0.2) is 0 Å². The molecule has 0 amide bonds. The van der Waals surface area contributed by atoms with Crippen LogP contribution < -0.4 is 5.32 Å². The van der Waals surface area contributed by atoms with Crippen molar-refractivity contribution >= 4 is 23.4 Å². The summed E-state index contributed by atoms with van der Waals surface area (Å²) in [5.41, 5.74) is 1.13. The lowest BCUT2D eigenvalue weighted by atomic mass is 10.2. The van der Waals surface area contributed by atoms with Gasteiger partial charge in [0.25, 0.3) is 0 Å². The molecular formula is C16H17ClFNS. The fraction of sp³-hybridized carbons (Fsp3) is 0.250. The molecule has 0 radical (unpaired) electrons. The van der Waals surface area contributed by atoms with Gasteiger partial charge < -0.3 is 5.32 Å². The summed E-state index contributed by atoms with van der Waals surface area (Å²) in [6, 6.07) is 12.8. The minimum atomic E-state index is -0.232. The highest BCUT2D eigenvalue weighted by molar-refractivity contribution is 7.99. The molecular weight excluding hydrogens is 293 g/mol. The predicted octanol–water partition coefficient (Wildman–Crippen LogP) is 5.13. The van der Waals surface area contributed by atoms with E-state index >= 15 is 0 Å². The van der Waals surface area contributed by atoms with Gasteiger partial charge in [0, 0.05) is 22.4 Å². The molecule has 0 unspecified atom stereocenters. The van der Waals surface area contributed by atoms with E-state index in [-0.39, 0.29) is 5.82 Å². The van der Waals surface area contributed by atoms with Crippen LogP contribution in [0.2, 0.25) is 5.02 Å². The van der Waals surface area contributed by atoms with Gasteiger partial charge in [-0.3, -0.25) is 0 Å². The van der Waals surface area contributed by atoms with Crippen LogP contribution in [0, 0.1) is 5.82 Å². The first-order chi connectivity index (χ1) is 9.56. The summed E-state index contributed by atoms with van der Waals surface area (Å²) < 4.78 is 13.3. The first-order valence-electron chi connectivity index (χ1n) is 6.50. The molecule has 0 saturated carbocycles. The third-order valence-corrected chi connectivity index (χ3v) is 4.37. The zero-order valence-corrected chi connectivity index (χ0v) is 13.1. The van der Waals surface area contributed by atoms with E-state index in [1.165, 1.54) is 23.9 Å². The molecule has 2 aromatic carbocycles. The van der Waals surface area contributed by atoms with Crippen molar-refractivity contribution in [1.82, 2.24) is 5.32 Å². The van der Waals surface area contributed by atoms with E-state index in [4.69, 9.17) is 11.6 Å². The van der Waals surface area contributed by atoms with E-state index in [2.05, 4.69) is 19.2 Å². The van der Waals surface area contributed by atoms with Crippen molar-refractivity contribution in [3.63, 3.8) is 0 Å². The standard InChI is InChI=1S/C16H17ClFNS/c1-11(2)19-10-12-5-3-8-15(17)16(12)20-14-7-4-6-13(18)9-14/h3-9,11,19H,10H2,1-2H3. The molecule has 0 aliphatic carbocycles. The molecule has 0 atom stereocenters. The van der Waals surface area contributed by atoms with E-state index in [1.54, 1.807) is 6.07 Å². The quantitative estimate of drug-likeness (QED) is 0.822. The Morgan fingerprint density at radius 2 is 1.95 bits per heavy atom. The van der Waals surface area contributed by atoms with E-state index in [0.29, 0.717) is 11.1 Å². The fourth-order valence-corrected chi connectivity index (χ4v) is 3.07. The average molecular weight is 310 g/mol. The SMILES string of the molecule is CC(C)NCc1cccc(Cl)c1Sc1cccc(F)c1. The van der Waals surface area contributed by atoms with Crippen LogP contribution in [0.4, 0.5) is 4.39 Å². The van der Waals surface area contributed by atoms with Gasteiger partial charge in [-0.15, -0.1) is 0 Å². The highest BCUT2D eigenvalue weighted by Crippen LogP contribution is 2.36. The Morgan fingerprint density at radius 3 is 2.65 bits per heavy atom. The maximum absolute atomic E-state index is 13.3. The van der Waals surface area contributed by atoms with Crippen molar-refractivity contribution in [2.75, 3.05) is 0 Å².